The SMILES string of the molecule is CCCC[C@@H]1CN(C(=O)c2ccc(-n3ccnc3)cc2)C[C@H](C(C)C)O1. The highest BCUT2D eigenvalue weighted by Gasteiger charge is 2.32. The number of carbonyl (C=O) groups excluding carboxylic acids is 1. The topological polar surface area (TPSA) is 47.4 Å². The minimum absolute atomic E-state index is 0.0950. The van der Waals surface area contributed by atoms with Crippen LogP contribution in [-0.2, 0) is 4.74 Å². The van der Waals surface area contributed by atoms with E-state index in [1.807, 2.05) is 39.9 Å². The van der Waals surface area contributed by atoms with E-state index in [9.17, 15) is 4.79 Å². The number of ether oxygens (including phenoxy) is 1. The predicted molar refractivity (Wildman–Crippen MR) is 102 cm³/mol. The molecule has 1 aromatic heterocycles. The first-order chi connectivity index (χ1) is 12.6. The number of unbranched alkanes of at least 4 members (excludes halogenated alkanes) is 1. The van der Waals surface area contributed by atoms with Crippen molar-refractivity contribution in [3.63, 3.8) is 0 Å². The van der Waals surface area contributed by atoms with Crippen LogP contribution in [0.3, 0.4) is 0 Å². The number of morpholine rings is 1. The van der Waals surface area contributed by atoms with Crippen LogP contribution in [0.1, 0.15) is 50.4 Å². The Morgan fingerprint density at radius 1 is 1.27 bits per heavy atom. The second-order valence-electron chi connectivity index (χ2n) is 7.41. The standard InChI is InChI=1S/C21H29N3O2/c1-4-5-6-19-13-24(14-20(26-19)16(2)3)21(25)17-7-9-18(10-8-17)23-12-11-22-15-23/h7-12,15-16,19-20H,4-6,13-14H2,1-3H3/t19-,20-/m1/s1. The third-order valence-corrected chi connectivity index (χ3v) is 5.02. The smallest absolute Gasteiger partial charge is 0.254 e. The zero-order valence-electron chi connectivity index (χ0n) is 16.0. The molecule has 0 spiro atoms. The van der Waals surface area contributed by atoms with E-state index in [0.29, 0.717) is 19.0 Å². The van der Waals surface area contributed by atoms with Crippen LogP contribution in [0.15, 0.2) is 43.0 Å². The van der Waals surface area contributed by atoms with Gasteiger partial charge in [-0.15, -0.1) is 0 Å². The first-order valence-electron chi connectivity index (χ1n) is 9.61. The molecule has 1 amide bonds. The van der Waals surface area contributed by atoms with Crippen molar-refractivity contribution in [3.8, 4) is 5.69 Å². The van der Waals surface area contributed by atoms with Gasteiger partial charge in [0.25, 0.3) is 5.91 Å². The number of amides is 1. The second kappa shape index (κ2) is 8.49. The van der Waals surface area contributed by atoms with Crippen molar-refractivity contribution in [2.75, 3.05) is 13.1 Å². The molecule has 1 aliphatic rings. The zero-order chi connectivity index (χ0) is 18.5. The first kappa shape index (κ1) is 18.6. The van der Waals surface area contributed by atoms with E-state index in [4.69, 9.17) is 4.74 Å². The molecule has 140 valence electrons. The molecule has 26 heavy (non-hydrogen) atoms. The minimum atomic E-state index is 0.0950. The molecule has 0 aliphatic carbocycles. The molecule has 1 aliphatic heterocycles. The molecule has 3 rings (SSSR count). The number of hydrogen-bond acceptors (Lipinski definition) is 3. The van der Waals surface area contributed by atoms with E-state index >= 15 is 0 Å². The van der Waals surface area contributed by atoms with E-state index < -0.39 is 0 Å². The van der Waals surface area contributed by atoms with E-state index in [2.05, 4.69) is 25.8 Å². The molecule has 2 aromatic rings. The molecule has 5 heteroatoms. The van der Waals surface area contributed by atoms with E-state index in [0.717, 1.165) is 30.5 Å². The monoisotopic (exact) mass is 355 g/mol. The molecular weight excluding hydrogens is 326 g/mol. The summed E-state index contributed by atoms with van der Waals surface area (Å²) in [7, 11) is 0. The van der Waals surface area contributed by atoms with Crippen molar-refractivity contribution in [2.45, 2.75) is 52.2 Å². The van der Waals surface area contributed by atoms with Crippen molar-refractivity contribution in [1.82, 2.24) is 14.5 Å². The molecule has 0 unspecified atom stereocenters. The Kier molecular flexibility index (Phi) is 6.09. The van der Waals surface area contributed by atoms with Gasteiger partial charge < -0.3 is 14.2 Å². The average Bonchev–Trinajstić information content (AvgIpc) is 3.20. The fourth-order valence-electron chi connectivity index (χ4n) is 3.37. The molecule has 1 saturated heterocycles. The molecular formula is C21H29N3O2. The fraction of sp³-hybridized carbons (Fsp3) is 0.524. The lowest BCUT2D eigenvalue weighted by Crippen LogP contribution is -2.51. The Hall–Kier alpha value is -2.14. The van der Waals surface area contributed by atoms with Crippen LogP contribution in [-0.4, -0.2) is 45.7 Å². The van der Waals surface area contributed by atoms with Crippen LogP contribution in [0, 0.1) is 5.92 Å². The van der Waals surface area contributed by atoms with Gasteiger partial charge in [0.05, 0.1) is 18.5 Å². The van der Waals surface area contributed by atoms with Gasteiger partial charge in [0.15, 0.2) is 0 Å². The summed E-state index contributed by atoms with van der Waals surface area (Å²) in [5.74, 6) is 0.496. The summed E-state index contributed by atoms with van der Waals surface area (Å²) in [5.41, 5.74) is 1.73. The second-order valence-corrected chi connectivity index (χ2v) is 7.41. The summed E-state index contributed by atoms with van der Waals surface area (Å²) in [4.78, 5) is 19.1. The number of rotatable bonds is 6. The minimum Gasteiger partial charge on any atom is -0.371 e. The van der Waals surface area contributed by atoms with Crippen LogP contribution < -0.4 is 0 Å². The van der Waals surface area contributed by atoms with Gasteiger partial charge in [0, 0.05) is 36.7 Å². The Morgan fingerprint density at radius 2 is 2.04 bits per heavy atom. The van der Waals surface area contributed by atoms with Gasteiger partial charge in [-0.3, -0.25) is 4.79 Å². The van der Waals surface area contributed by atoms with Crippen LogP contribution in [0.2, 0.25) is 0 Å². The highest BCUT2D eigenvalue weighted by Crippen LogP contribution is 2.23. The normalized spacial score (nSPS) is 20.5. The number of nitrogens with zero attached hydrogens (tertiary/aromatic N) is 3. The number of benzene rings is 1. The van der Waals surface area contributed by atoms with Gasteiger partial charge >= 0.3 is 0 Å². The highest BCUT2D eigenvalue weighted by atomic mass is 16.5. The van der Waals surface area contributed by atoms with Gasteiger partial charge in [-0.25, -0.2) is 4.98 Å². The lowest BCUT2D eigenvalue weighted by molar-refractivity contribution is -0.0962. The molecule has 0 bridgehead atoms. The summed E-state index contributed by atoms with van der Waals surface area (Å²) in [6.45, 7) is 7.87. The Morgan fingerprint density at radius 3 is 2.65 bits per heavy atom. The zero-order valence-corrected chi connectivity index (χ0v) is 16.0. The summed E-state index contributed by atoms with van der Waals surface area (Å²) < 4.78 is 8.16. The lowest BCUT2D eigenvalue weighted by atomic mass is 10.0. The quantitative estimate of drug-likeness (QED) is 0.789. The van der Waals surface area contributed by atoms with Crippen molar-refractivity contribution in [2.24, 2.45) is 5.92 Å². The maximum Gasteiger partial charge on any atom is 0.254 e. The van der Waals surface area contributed by atoms with Crippen LogP contribution in [0.5, 0.6) is 0 Å². The number of carbonyl (C=O) groups is 1. The summed E-state index contributed by atoms with van der Waals surface area (Å²) >= 11 is 0. The van der Waals surface area contributed by atoms with Crippen molar-refractivity contribution in [1.29, 1.82) is 0 Å². The fourth-order valence-corrected chi connectivity index (χ4v) is 3.37. The van der Waals surface area contributed by atoms with Crippen LogP contribution >= 0.6 is 0 Å². The molecule has 0 radical (unpaired) electrons. The molecule has 1 fully saturated rings. The largest absolute Gasteiger partial charge is 0.371 e. The summed E-state index contributed by atoms with van der Waals surface area (Å²) in [6.07, 6.45) is 8.95. The lowest BCUT2D eigenvalue weighted by Gasteiger charge is -2.40. The Bertz CT molecular complexity index is 695. The van der Waals surface area contributed by atoms with Crippen molar-refractivity contribution >= 4 is 5.91 Å². The van der Waals surface area contributed by atoms with Gasteiger partial charge in [-0.2, -0.15) is 0 Å². The molecule has 2 atom stereocenters. The molecule has 2 heterocycles. The van der Waals surface area contributed by atoms with Crippen molar-refractivity contribution < 1.29 is 9.53 Å². The summed E-state index contributed by atoms with van der Waals surface area (Å²) in [5, 5.41) is 0. The van der Waals surface area contributed by atoms with E-state index in [-0.39, 0.29) is 18.1 Å². The molecule has 5 nitrogen and oxygen atoms in total. The number of imidazole rings is 1. The number of hydrogen-bond donors (Lipinski definition) is 0. The van der Waals surface area contributed by atoms with E-state index in [1.165, 1.54) is 0 Å². The van der Waals surface area contributed by atoms with Crippen LogP contribution in [0.25, 0.3) is 5.69 Å². The Balaban J connectivity index is 1.72. The van der Waals surface area contributed by atoms with Gasteiger partial charge in [-0.05, 0) is 36.6 Å². The predicted octanol–water partition coefficient (Wildman–Crippen LogP) is 3.93. The molecule has 1 aromatic carbocycles. The molecule has 0 N–H and O–H groups in total. The van der Waals surface area contributed by atoms with Crippen LogP contribution in [0.4, 0.5) is 0 Å². The summed E-state index contributed by atoms with van der Waals surface area (Å²) in [6, 6.07) is 7.73. The maximum absolute atomic E-state index is 13.0. The first-order valence-corrected chi connectivity index (χ1v) is 9.61. The average molecular weight is 355 g/mol. The highest BCUT2D eigenvalue weighted by molar-refractivity contribution is 5.94. The Labute approximate surface area is 156 Å². The van der Waals surface area contributed by atoms with Gasteiger partial charge in [0.2, 0.25) is 0 Å². The van der Waals surface area contributed by atoms with E-state index in [1.54, 1.807) is 12.5 Å². The molecule has 0 saturated carbocycles. The number of aromatic nitrogens is 2. The van der Waals surface area contributed by atoms with Gasteiger partial charge in [-0.1, -0.05) is 33.6 Å². The van der Waals surface area contributed by atoms with Crippen molar-refractivity contribution in [3.05, 3.63) is 48.5 Å². The maximum atomic E-state index is 13.0. The van der Waals surface area contributed by atoms with Gasteiger partial charge in [0.1, 0.15) is 0 Å². The third-order valence-electron chi connectivity index (χ3n) is 5.02. The third kappa shape index (κ3) is 4.33.